The smallest absolute Gasteiger partial charge is 0.0723 e. The zero-order valence-corrected chi connectivity index (χ0v) is 10.2. The molecular formula is C11H16IN+. The molecule has 0 atom stereocenters. The van der Waals surface area contributed by atoms with Crippen molar-refractivity contribution in [2.75, 3.05) is 6.54 Å². The van der Waals surface area contributed by atoms with E-state index in [2.05, 4.69) is 63.2 Å². The van der Waals surface area contributed by atoms with Gasteiger partial charge < -0.3 is 0 Å². The molecule has 0 unspecified atom stereocenters. The summed E-state index contributed by atoms with van der Waals surface area (Å²) in [6.07, 6.45) is 3.90. The highest BCUT2D eigenvalue weighted by Crippen LogP contribution is 2.17. The minimum atomic E-state index is 1.15. The number of nitrogens with zero attached hydrogens (tertiary/aromatic N) is 1. The van der Waals surface area contributed by atoms with Gasteiger partial charge in [0.2, 0.25) is 0 Å². The Morgan fingerprint density at radius 1 is 1.15 bits per heavy atom. The third-order valence-electron chi connectivity index (χ3n) is 1.99. The van der Waals surface area contributed by atoms with Gasteiger partial charge in [0.15, 0.2) is 5.69 Å². The Balaban J connectivity index is 2.35. The molecule has 0 fully saturated rings. The van der Waals surface area contributed by atoms with Gasteiger partial charge in [-0.1, -0.05) is 34.7 Å². The quantitative estimate of drug-likeness (QED) is 0.439. The minimum absolute atomic E-state index is 1.15. The van der Waals surface area contributed by atoms with Crippen molar-refractivity contribution in [2.24, 2.45) is 0 Å². The summed E-state index contributed by atoms with van der Waals surface area (Å²) in [6, 6.07) is 10.5. The molecule has 0 bridgehead atoms. The van der Waals surface area contributed by atoms with Crippen molar-refractivity contribution in [2.45, 2.75) is 26.2 Å². The van der Waals surface area contributed by atoms with Gasteiger partial charge in [-0.2, -0.15) is 0 Å². The number of para-hydroxylation sites is 1. The van der Waals surface area contributed by atoms with Crippen molar-refractivity contribution in [3.8, 4) is 0 Å². The van der Waals surface area contributed by atoms with E-state index < -0.39 is 0 Å². The first-order valence-corrected chi connectivity index (χ1v) is 5.79. The highest BCUT2D eigenvalue weighted by molar-refractivity contribution is 14.1. The van der Waals surface area contributed by atoms with Gasteiger partial charge in [0.1, 0.15) is 6.54 Å². The van der Waals surface area contributed by atoms with Crippen LogP contribution in [0.2, 0.25) is 0 Å². The second-order valence-corrected chi connectivity index (χ2v) is 4.29. The lowest BCUT2D eigenvalue weighted by molar-refractivity contribution is 0.669. The van der Waals surface area contributed by atoms with Gasteiger partial charge in [0.05, 0.1) is 0 Å². The molecule has 1 radical (unpaired) electrons. The van der Waals surface area contributed by atoms with E-state index in [4.69, 9.17) is 0 Å². The highest BCUT2D eigenvalue weighted by Gasteiger charge is 2.13. The van der Waals surface area contributed by atoms with Crippen LogP contribution >= 0.6 is 22.9 Å². The molecule has 0 N–H and O–H groups in total. The Morgan fingerprint density at radius 2 is 1.85 bits per heavy atom. The molecule has 1 rings (SSSR count). The first-order chi connectivity index (χ1) is 6.34. The minimum Gasteiger partial charge on any atom is -0.0723 e. The Kier molecular flexibility index (Phi) is 5.39. The average molecular weight is 289 g/mol. The summed E-state index contributed by atoms with van der Waals surface area (Å²) in [6.45, 7) is 3.39. The summed E-state index contributed by atoms with van der Waals surface area (Å²) in [5.41, 5.74) is 1.30. The van der Waals surface area contributed by atoms with Gasteiger partial charge in [0.25, 0.3) is 0 Å². The molecule has 0 amide bonds. The van der Waals surface area contributed by atoms with E-state index in [1.54, 1.807) is 0 Å². The van der Waals surface area contributed by atoms with Gasteiger partial charge >= 0.3 is 22.9 Å². The van der Waals surface area contributed by atoms with Crippen LogP contribution in [0, 0.1) is 0 Å². The summed E-state index contributed by atoms with van der Waals surface area (Å²) in [5, 5.41) is 0. The third-order valence-corrected chi connectivity index (χ3v) is 3.03. The fraction of sp³-hybridized carbons (Fsp3) is 0.455. The van der Waals surface area contributed by atoms with Gasteiger partial charge in [0, 0.05) is 18.6 Å². The lowest BCUT2D eigenvalue weighted by atomic mass is 10.2. The Labute approximate surface area is 94.6 Å². The third kappa shape index (κ3) is 4.09. The second-order valence-electron chi connectivity index (χ2n) is 3.13. The SMILES string of the molecule is CCCCC[N+](I)c1ccccc1. The standard InChI is InChI=1S/C11H16IN/c1-2-3-7-10-13(12)11-8-5-4-6-9-11/h4-6,8-9H,2-3,7,10H2,1H3/q+1. The molecule has 0 aromatic heterocycles. The molecule has 0 aliphatic heterocycles. The lowest BCUT2D eigenvalue weighted by Gasteiger charge is -2.01. The van der Waals surface area contributed by atoms with Crippen molar-refractivity contribution >= 4 is 28.6 Å². The zero-order chi connectivity index (χ0) is 9.52. The van der Waals surface area contributed by atoms with Crippen molar-refractivity contribution in [1.29, 1.82) is 0 Å². The van der Waals surface area contributed by atoms with E-state index in [1.807, 2.05) is 0 Å². The summed E-state index contributed by atoms with van der Waals surface area (Å²) in [7, 11) is 0. The maximum absolute atomic E-state index is 2.38. The molecule has 0 aliphatic rings. The van der Waals surface area contributed by atoms with Crippen LogP contribution in [-0.4, -0.2) is 6.54 Å². The molecule has 1 nitrogen and oxygen atoms in total. The summed E-state index contributed by atoms with van der Waals surface area (Å²) in [4.78, 5) is 0. The topological polar surface area (TPSA) is 5.90 Å². The zero-order valence-electron chi connectivity index (χ0n) is 8.04. The molecule has 0 saturated heterocycles. The molecule has 13 heavy (non-hydrogen) atoms. The van der Waals surface area contributed by atoms with E-state index >= 15 is 0 Å². The van der Waals surface area contributed by atoms with Crippen molar-refractivity contribution < 1.29 is 0 Å². The van der Waals surface area contributed by atoms with Crippen LogP contribution in [0.5, 0.6) is 0 Å². The monoisotopic (exact) mass is 289 g/mol. The molecular weight excluding hydrogens is 273 g/mol. The number of halogens is 1. The fourth-order valence-corrected chi connectivity index (χ4v) is 1.88. The number of hydrogen-bond acceptors (Lipinski definition) is 1. The van der Waals surface area contributed by atoms with Crippen molar-refractivity contribution in [1.82, 2.24) is 3.11 Å². The molecule has 1 aromatic rings. The lowest BCUT2D eigenvalue weighted by Crippen LogP contribution is -2.11. The molecule has 0 heterocycles. The molecule has 1 aromatic carbocycles. The van der Waals surface area contributed by atoms with Crippen LogP contribution in [0.1, 0.15) is 26.2 Å². The number of hydrogen-bond donors (Lipinski definition) is 0. The Bertz CT molecular complexity index is 223. The average Bonchev–Trinajstić information content (AvgIpc) is 2.19. The normalized spacial score (nSPS) is 10.7. The molecule has 0 spiro atoms. The van der Waals surface area contributed by atoms with E-state index in [9.17, 15) is 0 Å². The molecule has 0 aliphatic carbocycles. The maximum Gasteiger partial charge on any atom is 0.314 e. The van der Waals surface area contributed by atoms with E-state index in [-0.39, 0.29) is 0 Å². The summed E-state index contributed by atoms with van der Waals surface area (Å²) in [5.74, 6) is 0. The van der Waals surface area contributed by atoms with Crippen LogP contribution in [0.3, 0.4) is 0 Å². The molecule has 0 saturated carbocycles. The predicted octanol–water partition coefficient (Wildman–Crippen LogP) is 4.00. The van der Waals surface area contributed by atoms with Crippen LogP contribution in [0.25, 0.3) is 0 Å². The first-order valence-electron chi connectivity index (χ1n) is 4.83. The maximum atomic E-state index is 2.38. The van der Waals surface area contributed by atoms with Crippen LogP contribution in [-0.2, 0) is 0 Å². The summed E-state index contributed by atoms with van der Waals surface area (Å²) < 4.78 is 2.29. The number of anilines is 1. The fourth-order valence-electron chi connectivity index (χ4n) is 1.22. The number of unbranched alkanes of at least 4 members (excludes halogenated alkanes) is 2. The van der Waals surface area contributed by atoms with E-state index in [1.165, 1.54) is 24.9 Å². The van der Waals surface area contributed by atoms with Gasteiger partial charge in [-0.3, -0.25) is 0 Å². The van der Waals surface area contributed by atoms with E-state index in [0.29, 0.717) is 0 Å². The molecule has 2 heteroatoms. The highest BCUT2D eigenvalue weighted by atomic mass is 127. The predicted molar refractivity (Wildman–Crippen MR) is 66.6 cm³/mol. The number of benzene rings is 1. The number of rotatable bonds is 5. The molecule has 71 valence electrons. The second kappa shape index (κ2) is 6.38. The summed E-state index contributed by atoms with van der Waals surface area (Å²) >= 11 is 2.38. The van der Waals surface area contributed by atoms with E-state index in [0.717, 1.165) is 6.54 Å². The van der Waals surface area contributed by atoms with Crippen molar-refractivity contribution in [3.05, 3.63) is 30.3 Å². The van der Waals surface area contributed by atoms with Gasteiger partial charge in [-0.15, -0.1) is 0 Å². The largest absolute Gasteiger partial charge is 0.314 e. The van der Waals surface area contributed by atoms with Gasteiger partial charge in [-0.25, -0.2) is 0 Å². The first kappa shape index (κ1) is 11.0. The Morgan fingerprint density at radius 3 is 2.46 bits per heavy atom. The van der Waals surface area contributed by atoms with Crippen LogP contribution < -0.4 is 3.11 Å². The van der Waals surface area contributed by atoms with Crippen molar-refractivity contribution in [3.63, 3.8) is 0 Å². The Hall–Kier alpha value is -0.0900. The van der Waals surface area contributed by atoms with Crippen LogP contribution in [0.4, 0.5) is 5.69 Å². The van der Waals surface area contributed by atoms with Gasteiger partial charge in [-0.05, 0) is 6.42 Å². The van der Waals surface area contributed by atoms with Crippen LogP contribution in [0.15, 0.2) is 30.3 Å².